The average Bonchev–Trinajstić information content (AvgIpc) is 3.11. The summed E-state index contributed by atoms with van der Waals surface area (Å²) in [4.78, 5) is 6.88. The zero-order valence-electron chi connectivity index (χ0n) is 11.2. The second-order valence-corrected chi connectivity index (χ2v) is 5.76. The molecule has 1 fully saturated rings. The monoisotopic (exact) mass is 273 g/mol. The molecule has 2 aromatic heterocycles. The maximum atomic E-state index is 4.30. The number of hydrogen-bond acceptors (Lipinski definition) is 4. The predicted molar refractivity (Wildman–Crippen MR) is 80.5 cm³/mol. The van der Waals surface area contributed by atoms with E-state index in [9.17, 15) is 0 Å². The summed E-state index contributed by atoms with van der Waals surface area (Å²) in [6, 6.07) is 7.09. The Morgan fingerprint density at radius 2 is 2.42 bits per heavy atom. The Hall–Kier alpha value is -1.39. The molecular weight excluding hydrogens is 254 g/mol. The van der Waals surface area contributed by atoms with Crippen molar-refractivity contribution >= 4 is 17.2 Å². The van der Waals surface area contributed by atoms with Crippen LogP contribution in [0, 0.1) is 0 Å². The SMILES string of the molecule is CNc1cc([C@@H]2CCCN2Cc2ccsc2)ccn1. The van der Waals surface area contributed by atoms with E-state index in [-0.39, 0.29) is 0 Å². The van der Waals surface area contributed by atoms with E-state index in [1.54, 1.807) is 11.3 Å². The van der Waals surface area contributed by atoms with Crippen LogP contribution in [0.5, 0.6) is 0 Å². The standard InChI is InChI=1S/C15H19N3S/c1-16-15-9-13(4-6-17-15)14-3-2-7-18(14)10-12-5-8-19-11-12/h4-6,8-9,11,14H,2-3,7,10H2,1H3,(H,16,17)/t14-/m0/s1. The van der Waals surface area contributed by atoms with E-state index in [4.69, 9.17) is 0 Å². The number of likely N-dealkylation sites (tertiary alicyclic amines) is 1. The Morgan fingerprint density at radius 1 is 1.47 bits per heavy atom. The Labute approximate surface area is 118 Å². The number of nitrogens with zero attached hydrogens (tertiary/aromatic N) is 2. The van der Waals surface area contributed by atoms with Crippen molar-refractivity contribution in [1.29, 1.82) is 0 Å². The predicted octanol–water partition coefficient (Wildman–Crippen LogP) is 3.52. The molecule has 0 bridgehead atoms. The van der Waals surface area contributed by atoms with Crippen molar-refractivity contribution < 1.29 is 0 Å². The van der Waals surface area contributed by atoms with E-state index in [1.165, 1.54) is 30.5 Å². The lowest BCUT2D eigenvalue weighted by Gasteiger charge is -2.24. The van der Waals surface area contributed by atoms with E-state index in [2.05, 4.69) is 44.2 Å². The van der Waals surface area contributed by atoms with Crippen LogP contribution in [-0.4, -0.2) is 23.5 Å². The molecule has 0 radical (unpaired) electrons. The first-order valence-corrected chi connectivity index (χ1v) is 7.70. The lowest BCUT2D eigenvalue weighted by molar-refractivity contribution is 0.249. The van der Waals surface area contributed by atoms with Crippen molar-refractivity contribution in [3.63, 3.8) is 0 Å². The van der Waals surface area contributed by atoms with E-state index in [0.29, 0.717) is 6.04 Å². The van der Waals surface area contributed by atoms with Crippen LogP contribution in [0.1, 0.15) is 30.0 Å². The summed E-state index contributed by atoms with van der Waals surface area (Å²) in [5.41, 5.74) is 2.81. The first-order valence-electron chi connectivity index (χ1n) is 6.75. The van der Waals surface area contributed by atoms with Crippen LogP contribution in [0.3, 0.4) is 0 Å². The van der Waals surface area contributed by atoms with Gasteiger partial charge in [0.1, 0.15) is 5.82 Å². The van der Waals surface area contributed by atoms with Gasteiger partial charge in [-0.1, -0.05) is 0 Å². The first kappa shape index (κ1) is 12.6. The molecule has 0 saturated carbocycles. The normalized spacial score (nSPS) is 19.7. The minimum atomic E-state index is 0.537. The zero-order valence-corrected chi connectivity index (χ0v) is 12.0. The quantitative estimate of drug-likeness (QED) is 0.924. The van der Waals surface area contributed by atoms with Crippen LogP contribution in [0.4, 0.5) is 5.82 Å². The second-order valence-electron chi connectivity index (χ2n) is 4.98. The Morgan fingerprint density at radius 3 is 3.21 bits per heavy atom. The summed E-state index contributed by atoms with van der Waals surface area (Å²) in [5.74, 6) is 0.958. The summed E-state index contributed by atoms with van der Waals surface area (Å²) >= 11 is 1.78. The average molecular weight is 273 g/mol. The fourth-order valence-electron chi connectivity index (χ4n) is 2.80. The zero-order chi connectivity index (χ0) is 13.1. The van der Waals surface area contributed by atoms with E-state index >= 15 is 0 Å². The van der Waals surface area contributed by atoms with Crippen LogP contribution in [-0.2, 0) is 6.54 Å². The minimum absolute atomic E-state index is 0.537. The third-order valence-corrected chi connectivity index (χ3v) is 4.49. The summed E-state index contributed by atoms with van der Waals surface area (Å²) < 4.78 is 0. The molecule has 0 amide bonds. The summed E-state index contributed by atoms with van der Waals surface area (Å²) in [6.45, 7) is 2.25. The minimum Gasteiger partial charge on any atom is -0.373 e. The van der Waals surface area contributed by atoms with Crippen molar-refractivity contribution in [2.24, 2.45) is 0 Å². The smallest absolute Gasteiger partial charge is 0.125 e. The lowest BCUT2D eigenvalue weighted by Crippen LogP contribution is -2.22. The second kappa shape index (κ2) is 5.72. The third kappa shape index (κ3) is 2.80. The number of pyridine rings is 1. The number of thiophene rings is 1. The van der Waals surface area contributed by atoms with Gasteiger partial charge in [-0.2, -0.15) is 11.3 Å². The van der Waals surface area contributed by atoms with Crippen molar-refractivity contribution in [1.82, 2.24) is 9.88 Å². The molecule has 19 heavy (non-hydrogen) atoms. The molecule has 1 N–H and O–H groups in total. The van der Waals surface area contributed by atoms with E-state index < -0.39 is 0 Å². The highest BCUT2D eigenvalue weighted by Gasteiger charge is 2.26. The van der Waals surface area contributed by atoms with Crippen molar-refractivity contribution in [3.8, 4) is 0 Å². The Bertz CT molecular complexity index is 524. The van der Waals surface area contributed by atoms with E-state index in [0.717, 1.165) is 12.4 Å². The van der Waals surface area contributed by atoms with Gasteiger partial charge in [0.25, 0.3) is 0 Å². The Balaban J connectivity index is 1.78. The fourth-order valence-corrected chi connectivity index (χ4v) is 3.46. The maximum Gasteiger partial charge on any atom is 0.125 e. The number of anilines is 1. The number of rotatable bonds is 4. The van der Waals surface area contributed by atoms with Gasteiger partial charge in [-0.3, -0.25) is 4.90 Å². The molecule has 4 heteroatoms. The maximum absolute atomic E-state index is 4.30. The number of aromatic nitrogens is 1. The first-order chi connectivity index (χ1) is 9.36. The molecule has 1 aliphatic rings. The molecule has 0 aromatic carbocycles. The molecule has 0 unspecified atom stereocenters. The molecule has 1 saturated heterocycles. The lowest BCUT2D eigenvalue weighted by atomic mass is 10.1. The van der Waals surface area contributed by atoms with Gasteiger partial charge in [0.2, 0.25) is 0 Å². The molecule has 3 rings (SSSR count). The van der Waals surface area contributed by atoms with Gasteiger partial charge in [-0.15, -0.1) is 0 Å². The van der Waals surface area contributed by atoms with E-state index in [1.807, 2.05) is 13.2 Å². The summed E-state index contributed by atoms with van der Waals surface area (Å²) in [6.07, 6.45) is 4.44. The van der Waals surface area contributed by atoms with Crippen LogP contribution >= 0.6 is 11.3 Å². The fraction of sp³-hybridized carbons (Fsp3) is 0.400. The molecule has 0 spiro atoms. The van der Waals surface area contributed by atoms with Crippen molar-refractivity contribution in [2.45, 2.75) is 25.4 Å². The van der Waals surface area contributed by atoms with Crippen LogP contribution in [0.2, 0.25) is 0 Å². The summed E-state index contributed by atoms with van der Waals surface area (Å²) in [5, 5.41) is 7.53. The number of hydrogen-bond donors (Lipinski definition) is 1. The topological polar surface area (TPSA) is 28.2 Å². The molecule has 0 aliphatic carbocycles. The van der Waals surface area contributed by atoms with Gasteiger partial charge in [-0.25, -0.2) is 4.98 Å². The molecule has 2 aromatic rings. The van der Waals surface area contributed by atoms with Crippen LogP contribution in [0.25, 0.3) is 0 Å². The van der Waals surface area contributed by atoms with Gasteiger partial charge in [0, 0.05) is 25.8 Å². The van der Waals surface area contributed by atoms with Crippen LogP contribution in [0.15, 0.2) is 35.2 Å². The van der Waals surface area contributed by atoms with Crippen LogP contribution < -0.4 is 5.32 Å². The highest BCUT2D eigenvalue weighted by molar-refractivity contribution is 7.07. The van der Waals surface area contributed by atoms with Crippen molar-refractivity contribution in [3.05, 3.63) is 46.3 Å². The van der Waals surface area contributed by atoms with Gasteiger partial charge < -0.3 is 5.32 Å². The van der Waals surface area contributed by atoms with Gasteiger partial charge >= 0.3 is 0 Å². The Kier molecular flexibility index (Phi) is 3.80. The number of nitrogens with one attached hydrogen (secondary N) is 1. The molecule has 1 aliphatic heterocycles. The van der Waals surface area contributed by atoms with Gasteiger partial charge in [0.15, 0.2) is 0 Å². The molecule has 3 heterocycles. The largest absolute Gasteiger partial charge is 0.373 e. The molecular formula is C15H19N3S. The highest BCUT2D eigenvalue weighted by atomic mass is 32.1. The summed E-state index contributed by atoms with van der Waals surface area (Å²) in [7, 11) is 1.92. The van der Waals surface area contributed by atoms with Gasteiger partial charge in [-0.05, 0) is 59.5 Å². The highest BCUT2D eigenvalue weighted by Crippen LogP contribution is 2.33. The van der Waals surface area contributed by atoms with Gasteiger partial charge in [0.05, 0.1) is 0 Å². The molecule has 100 valence electrons. The van der Waals surface area contributed by atoms with Crippen molar-refractivity contribution in [2.75, 3.05) is 18.9 Å². The molecule has 1 atom stereocenters. The molecule has 3 nitrogen and oxygen atoms in total. The third-order valence-electron chi connectivity index (χ3n) is 3.75.